The molecular formula is C25H33NO. The zero-order valence-corrected chi connectivity index (χ0v) is 17.6. The predicted octanol–water partition coefficient (Wildman–Crippen LogP) is 5.27. The van der Waals surface area contributed by atoms with Gasteiger partial charge in [0.05, 0.1) is 6.10 Å². The maximum absolute atomic E-state index is 9.95. The Morgan fingerprint density at radius 2 is 1.56 bits per heavy atom. The largest absolute Gasteiger partial charge is 0.392 e. The molecule has 3 rings (SSSR count). The molecule has 0 fully saturated rings. The summed E-state index contributed by atoms with van der Waals surface area (Å²) in [5.41, 5.74) is 6.73. The van der Waals surface area contributed by atoms with E-state index in [4.69, 9.17) is 0 Å². The van der Waals surface area contributed by atoms with Gasteiger partial charge in [-0.2, -0.15) is 0 Å². The van der Waals surface area contributed by atoms with Gasteiger partial charge in [-0.3, -0.25) is 4.90 Å². The van der Waals surface area contributed by atoms with Gasteiger partial charge in [-0.05, 0) is 62.1 Å². The molecule has 0 amide bonds. The van der Waals surface area contributed by atoms with Crippen LogP contribution in [0.2, 0.25) is 0 Å². The molecule has 1 aliphatic rings. The normalized spacial score (nSPS) is 16.0. The highest BCUT2D eigenvalue weighted by Gasteiger charge is 2.46. The zero-order chi connectivity index (χ0) is 19.8. The Labute approximate surface area is 164 Å². The van der Waals surface area contributed by atoms with Gasteiger partial charge in [0, 0.05) is 17.5 Å². The minimum absolute atomic E-state index is 0.103. The lowest BCUT2D eigenvalue weighted by atomic mass is 9.65. The second-order valence-corrected chi connectivity index (χ2v) is 8.97. The number of nitrogens with zero attached hydrogens (tertiary/aromatic N) is 1. The highest BCUT2D eigenvalue weighted by atomic mass is 16.3. The van der Waals surface area contributed by atoms with Gasteiger partial charge in [0.25, 0.3) is 0 Å². The maximum Gasteiger partial charge on any atom is 0.0639 e. The van der Waals surface area contributed by atoms with Gasteiger partial charge in [-0.15, -0.1) is 0 Å². The average Bonchev–Trinajstić information content (AvgIpc) is 3.02. The number of hydrogen-bond acceptors (Lipinski definition) is 2. The molecule has 144 valence electrons. The Morgan fingerprint density at radius 1 is 0.963 bits per heavy atom. The number of likely N-dealkylation sites (N-methyl/N-ethyl adjacent to an activating group) is 1. The molecule has 2 nitrogen and oxygen atoms in total. The van der Waals surface area contributed by atoms with Crippen molar-refractivity contribution in [1.29, 1.82) is 0 Å². The second kappa shape index (κ2) is 7.26. The lowest BCUT2D eigenvalue weighted by Gasteiger charge is -2.50. The van der Waals surface area contributed by atoms with Crippen molar-refractivity contribution in [1.82, 2.24) is 4.90 Å². The first-order valence-electron chi connectivity index (χ1n) is 9.93. The van der Waals surface area contributed by atoms with E-state index in [-0.39, 0.29) is 17.1 Å². The first kappa shape index (κ1) is 19.9. The Morgan fingerprint density at radius 3 is 2.19 bits per heavy atom. The van der Waals surface area contributed by atoms with E-state index in [1.54, 1.807) is 0 Å². The van der Waals surface area contributed by atoms with Crippen LogP contribution in [0.3, 0.4) is 0 Å². The van der Waals surface area contributed by atoms with Gasteiger partial charge in [0.15, 0.2) is 0 Å². The SMILES string of the molecule is CC(O)CN(C)C(C)(C)C(C)(C)C1=C(c2ccccc2)Cc2ccccc21. The summed E-state index contributed by atoms with van der Waals surface area (Å²) < 4.78 is 0. The number of hydrogen-bond donors (Lipinski definition) is 1. The van der Waals surface area contributed by atoms with E-state index in [1.807, 2.05) is 6.92 Å². The highest BCUT2D eigenvalue weighted by molar-refractivity contribution is 5.99. The number of aliphatic hydroxyl groups excluding tert-OH is 1. The number of allylic oxidation sites excluding steroid dienone is 1. The molecule has 1 unspecified atom stereocenters. The predicted molar refractivity (Wildman–Crippen MR) is 116 cm³/mol. The molecule has 27 heavy (non-hydrogen) atoms. The molecule has 0 spiro atoms. The molecule has 0 saturated carbocycles. The fraction of sp³-hybridized carbons (Fsp3) is 0.440. The lowest BCUT2D eigenvalue weighted by Crippen LogP contribution is -2.54. The smallest absolute Gasteiger partial charge is 0.0639 e. The summed E-state index contributed by atoms with van der Waals surface area (Å²) in [6.45, 7) is 11.8. The summed E-state index contributed by atoms with van der Waals surface area (Å²) in [7, 11) is 2.12. The van der Waals surface area contributed by atoms with Crippen LogP contribution in [0.4, 0.5) is 0 Å². The molecule has 0 aliphatic heterocycles. The highest BCUT2D eigenvalue weighted by Crippen LogP contribution is 2.53. The standard InChI is InChI=1S/C25H33NO/c1-18(27)17-26(6)25(4,5)24(2,3)23-21-15-11-10-14-20(21)16-22(23)19-12-8-7-9-13-19/h7-15,18,27H,16-17H2,1-6H3. The summed E-state index contributed by atoms with van der Waals surface area (Å²) in [5.74, 6) is 0. The van der Waals surface area contributed by atoms with E-state index in [1.165, 1.54) is 27.8 Å². The molecule has 1 N–H and O–H groups in total. The quantitative estimate of drug-likeness (QED) is 0.755. The van der Waals surface area contributed by atoms with Crippen LogP contribution in [-0.4, -0.2) is 35.2 Å². The minimum atomic E-state index is -0.344. The number of rotatable bonds is 6. The van der Waals surface area contributed by atoms with Crippen molar-refractivity contribution in [3.05, 3.63) is 71.3 Å². The van der Waals surface area contributed by atoms with Gasteiger partial charge in [-0.25, -0.2) is 0 Å². The molecule has 0 heterocycles. The second-order valence-electron chi connectivity index (χ2n) is 8.97. The lowest BCUT2D eigenvalue weighted by molar-refractivity contribution is 0.0305. The van der Waals surface area contributed by atoms with E-state index >= 15 is 0 Å². The van der Waals surface area contributed by atoms with Gasteiger partial charge < -0.3 is 5.11 Å². The van der Waals surface area contributed by atoms with E-state index in [9.17, 15) is 5.11 Å². The number of β-amino-alcohol motifs (C(OH)–C–C–N with tert-alkyl or cyclic N) is 1. The molecule has 2 heteroatoms. The Balaban J connectivity index is 2.16. The van der Waals surface area contributed by atoms with Crippen LogP contribution >= 0.6 is 0 Å². The van der Waals surface area contributed by atoms with Gasteiger partial charge in [-0.1, -0.05) is 68.4 Å². The molecular weight excluding hydrogens is 330 g/mol. The van der Waals surface area contributed by atoms with Crippen molar-refractivity contribution in [3.8, 4) is 0 Å². The van der Waals surface area contributed by atoms with Crippen molar-refractivity contribution in [2.24, 2.45) is 5.41 Å². The van der Waals surface area contributed by atoms with E-state index < -0.39 is 0 Å². The monoisotopic (exact) mass is 363 g/mol. The summed E-state index contributed by atoms with van der Waals surface area (Å²) in [6, 6.07) is 19.6. The van der Waals surface area contributed by atoms with Crippen LogP contribution in [0, 0.1) is 5.41 Å². The first-order valence-corrected chi connectivity index (χ1v) is 9.93. The Hall–Kier alpha value is -1.90. The van der Waals surface area contributed by atoms with Crippen molar-refractivity contribution in [2.75, 3.05) is 13.6 Å². The zero-order valence-electron chi connectivity index (χ0n) is 17.6. The molecule has 2 aromatic carbocycles. The molecule has 0 radical (unpaired) electrons. The number of benzene rings is 2. The topological polar surface area (TPSA) is 23.5 Å². The summed E-state index contributed by atoms with van der Waals surface area (Å²) in [4.78, 5) is 2.30. The van der Waals surface area contributed by atoms with Crippen LogP contribution in [0.15, 0.2) is 54.6 Å². The van der Waals surface area contributed by atoms with Gasteiger partial charge in [0.1, 0.15) is 0 Å². The van der Waals surface area contributed by atoms with Crippen LogP contribution in [0.1, 0.15) is 51.3 Å². The molecule has 0 aromatic heterocycles. The van der Waals surface area contributed by atoms with Crippen LogP contribution in [0.25, 0.3) is 11.1 Å². The van der Waals surface area contributed by atoms with E-state index in [2.05, 4.69) is 94.2 Å². The van der Waals surface area contributed by atoms with Gasteiger partial charge in [0.2, 0.25) is 0 Å². The average molecular weight is 364 g/mol. The van der Waals surface area contributed by atoms with Gasteiger partial charge >= 0.3 is 0 Å². The third-order valence-corrected chi connectivity index (χ3v) is 6.72. The van der Waals surface area contributed by atoms with Crippen molar-refractivity contribution in [3.63, 3.8) is 0 Å². The fourth-order valence-electron chi connectivity index (χ4n) is 4.37. The summed E-state index contributed by atoms with van der Waals surface area (Å²) in [5, 5.41) is 9.95. The summed E-state index contributed by atoms with van der Waals surface area (Å²) in [6.07, 6.45) is 0.637. The summed E-state index contributed by atoms with van der Waals surface area (Å²) >= 11 is 0. The minimum Gasteiger partial charge on any atom is -0.392 e. The maximum atomic E-state index is 9.95. The fourth-order valence-corrected chi connectivity index (χ4v) is 4.37. The van der Waals surface area contributed by atoms with Crippen molar-refractivity contribution in [2.45, 2.75) is 52.7 Å². The third-order valence-electron chi connectivity index (χ3n) is 6.72. The number of fused-ring (bicyclic) bond motifs is 1. The molecule has 0 bridgehead atoms. The Kier molecular flexibility index (Phi) is 5.33. The van der Waals surface area contributed by atoms with Crippen molar-refractivity contribution >= 4 is 11.1 Å². The Bertz CT molecular complexity index is 830. The molecule has 1 aliphatic carbocycles. The van der Waals surface area contributed by atoms with Crippen LogP contribution in [0.5, 0.6) is 0 Å². The van der Waals surface area contributed by atoms with Crippen LogP contribution in [-0.2, 0) is 6.42 Å². The van der Waals surface area contributed by atoms with E-state index in [0.717, 1.165) is 6.42 Å². The third kappa shape index (κ3) is 3.49. The van der Waals surface area contributed by atoms with Crippen molar-refractivity contribution < 1.29 is 5.11 Å². The molecule has 0 saturated heterocycles. The number of aliphatic hydroxyl groups is 1. The molecule has 2 aromatic rings. The van der Waals surface area contributed by atoms with Crippen LogP contribution < -0.4 is 0 Å². The van der Waals surface area contributed by atoms with E-state index in [0.29, 0.717) is 6.54 Å². The molecule has 1 atom stereocenters. The first-order chi connectivity index (χ1) is 12.7.